The summed E-state index contributed by atoms with van der Waals surface area (Å²) in [6.45, 7) is 1.34. The maximum absolute atomic E-state index is 12.4. The van der Waals surface area contributed by atoms with Crippen LogP contribution >= 0.6 is 0 Å². The van der Waals surface area contributed by atoms with Crippen molar-refractivity contribution in [2.45, 2.75) is 19.3 Å². The van der Waals surface area contributed by atoms with Crippen LogP contribution < -0.4 is 4.74 Å². The van der Waals surface area contributed by atoms with Crippen LogP contribution in [0, 0.1) is 5.92 Å². The quantitative estimate of drug-likeness (QED) is 0.894. The largest absolute Gasteiger partial charge is 0.497 e. The van der Waals surface area contributed by atoms with Crippen molar-refractivity contribution in [1.82, 2.24) is 4.90 Å². The third-order valence-corrected chi connectivity index (χ3v) is 3.66. The first kappa shape index (κ1) is 14.4. The Labute approximate surface area is 118 Å². The first-order valence-electron chi connectivity index (χ1n) is 6.75. The van der Waals surface area contributed by atoms with Crippen molar-refractivity contribution in [1.29, 1.82) is 0 Å². The van der Waals surface area contributed by atoms with Gasteiger partial charge < -0.3 is 14.7 Å². The molecule has 1 aliphatic heterocycles. The van der Waals surface area contributed by atoms with Gasteiger partial charge in [-0.3, -0.25) is 9.59 Å². The van der Waals surface area contributed by atoms with Crippen LogP contribution in [0.1, 0.15) is 29.6 Å². The van der Waals surface area contributed by atoms with Crippen LogP contribution in [0.4, 0.5) is 0 Å². The zero-order valence-corrected chi connectivity index (χ0v) is 11.5. The second-order valence-electron chi connectivity index (χ2n) is 5.07. The van der Waals surface area contributed by atoms with E-state index in [2.05, 4.69) is 0 Å². The van der Waals surface area contributed by atoms with Crippen molar-refractivity contribution in [3.63, 3.8) is 0 Å². The number of likely N-dealkylation sites (tertiary alicyclic amines) is 1. The van der Waals surface area contributed by atoms with E-state index in [0.29, 0.717) is 36.7 Å². The molecule has 108 valence electrons. The maximum atomic E-state index is 12.4. The minimum atomic E-state index is -0.775. The molecule has 1 aromatic carbocycles. The fourth-order valence-corrected chi connectivity index (χ4v) is 2.52. The van der Waals surface area contributed by atoms with Gasteiger partial charge in [0.25, 0.3) is 5.91 Å². The van der Waals surface area contributed by atoms with E-state index < -0.39 is 5.97 Å². The number of carboxylic acids is 1. The Kier molecular flexibility index (Phi) is 4.61. The monoisotopic (exact) mass is 277 g/mol. The van der Waals surface area contributed by atoms with Gasteiger partial charge in [-0.2, -0.15) is 0 Å². The van der Waals surface area contributed by atoms with Crippen LogP contribution in [0.2, 0.25) is 0 Å². The molecular weight excluding hydrogens is 258 g/mol. The first-order valence-corrected chi connectivity index (χ1v) is 6.75. The molecule has 1 atom stereocenters. The van der Waals surface area contributed by atoms with Gasteiger partial charge in [0, 0.05) is 25.1 Å². The summed E-state index contributed by atoms with van der Waals surface area (Å²) in [6.07, 6.45) is 1.69. The summed E-state index contributed by atoms with van der Waals surface area (Å²) in [6, 6.07) is 7.10. The lowest BCUT2D eigenvalue weighted by atomic mass is 10.0. The van der Waals surface area contributed by atoms with Gasteiger partial charge in [0.05, 0.1) is 7.11 Å². The van der Waals surface area contributed by atoms with E-state index in [1.54, 1.807) is 36.3 Å². The number of carboxylic acid groups (broad SMARTS) is 1. The number of nitrogens with zero attached hydrogens (tertiary/aromatic N) is 1. The van der Waals surface area contributed by atoms with Gasteiger partial charge in [-0.25, -0.2) is 0 Å². The summed E-state index contributed by atoms with van der Waals surface area (Å²) in [5, 5.41) is 8.69. The average molecular weight is 277 g/mol. The van der Waals surface area contributed by atoms with Gasteiger partial charge in [0.1, 0.15) is 5.75 Å². The van der Waals surface area contributed by atoms with E-state index in [9.17, 15) is 9.59 Å². The third kappa shape index (κ3) is 3.50. The van der Waals surface area contributed by atoms with Crippen molar-refractivity contribution < 1.29 is 19.4 Å². The summed E-state index contributed by atoms with van der Waals surface area (Å²) < 4.78 is 5.12. The lowest BCUT2D eigenvalue weighted by Gasteiger charge is -2.16. The lowest BCUT2D eigenvalue weighted by molar-refractivity contribution is -0.137. The molecule has 5 nitrogen and oxygen atoms in total. The van der Waals surface area contributed by atoms with E-state index in [-0.39, 0.29) is 12.3 Å². The molecule has 1 heterocycles. The molecule has 0 radical (unpaired) electrons. The van der Waals surface area contributed by atoms with Crippen LogP contribution in [-0.2, 0) is 4.79 Å². The van der Waals surface area contributed by atoms with Crippen LogP contribution in [-0.4, -0.2) is 42.1 Å². The topological polar surface area (TPSA) is 66.8 Å². The van der Waals surface area contributed by atoms with E-state index in [1.165, 1.54) is 0 Å². The fraction of sp³-hybridized carbons (Fsp3) is 0.467. The summed E-state index contributed by atoms with van der Waals surface area (Å²) >= 11 is 0. The number of amides is 1. The fourth-order valence-electron chi connectivity index (χ4n) is 2.52. The molecule has 0 aromatic heterocycles. The molecule has 1 unspecified atom stereocenters. The third-order valence-electron chi connectivity index (χ3n) is 3.66. The van der Waals surface area contributed by atoms with Gasteiger partial charge in [0.15, 0.2) is 0 Å². The number of hydrogen-bond acceptors (Lipinski definition) is 3. The summed E-state index contributed by atoms with van der Waals surface area (Å²) in [7, 11) is 1.57. The summed E-state index contributed by atoms with van der Waals surface area (Å²) in [4.78, 5) is 24.7. The molecule has 0 spiro atoms. The van der Waals surface area contributed by atoms with Crippen molar-refractivity contribution in [3.05, 3.63) is 29.8 Å². The number of hydrogen-bond donors (Lipinski definition) is 1. The van der Waals surface area contributed by atoms with E-state index in [1.807, 2.05) is 0 Å². The van der Waals surface area contributed by atoms with Gasteiger partial charge in [-0.15, -0.1) is 0 Å². The van der Waals surface area contributed by atoms with Crippen molar-refractivity contribution in [2.24, 2.45) is 5.92 Å². The molecule has 0 saturated carbocycles. The molecule has 0 bridgehead atoms. The Bertz CT molecular complexity index is 500. The van der Waals surface area contributed by atoms with E-state index in [4.69, 9.17) is 9.84 Å². The van der Waals surface area contributed by atoms with Gasteiger partial charge in [-0.05, 0) is 37.0 Å². The van der Waals surface area contributed by atoms with Gasteiger partial charge in [0.2, 0.25) is 0 Å². The Balaban J connectivity index is 1.95. The number of carbonyl (C=O) groups excluding carboxylic acids is 1. The Morgan fingerprint density at radius 1 is 1.45 bits per heavy atom. The molecule has 2 rings (SSSR count). The second-order valence-corrected chi connectivity index (χ2v) is 5.07. The molecule has 0 aliphatic carbocycles. The summed E-state index contributed by atoms with van der Waals surface area (Å²) in [5.41, 5.74) is 0.614. The standard InChI is InChI=1S/C15H19NO4/c1-20-13-4-2-3-12(9-13)15(19)16-8-7-11(10-16)5-6-14(17)18/h2-4,9,11H,5-8,10H2,1H3,(H,17,18). The predicted molar refractivity (Wildman–Crippen MR) is 73.9 cm³/mol. The molecule has 5 heteroatoms. The highest BCUT2D eigenvalue weighted by atomic mass is 16.5. The second kappa shape index (κ2) is 6.41. The van der Waals surface area contributed by atoms with E-state index in [0.717, 1.165) is 6.42 Å². The van der Waals surface area contributed by atoms with E-state index >= 15 is 0 Å². The molecule has 20 heavy (non-hydrogen) atoms. The minimum Gasteiger partial charge on any atom is -0.497 e. The van der Waals surface area contributed by atoms with Crippen LogP contribution in [0.25, 0.3) is 0 Å². The summed E-state index contributed by atoms with van der Waals surface area (Å²) in [5.74, 6) is 0.169. The zero-order chi connectivity index (χ0) is 14.5. The molecule has 1 aromatic rings. The normalized spacial score (nSPS) is 18.1. The van der Waals surface area contributed by atoms with Gasteiger partial charge in [-0.1, -0.05) is 6.07 Å². The lowest BCUT2D eigenvalue weighted by Crippen LogP contribution is -2.28. The first-order chi connectivity index (χ1) is 9.60. The van der Waals surface area contributed by atoms with Crippen LogP contribution in [0.15, 0.2) is 24.3 Å². The molecule has 1 amide bonds. The van der Waals surface area contributed by atoms with Crippen LogP contribution in [0.5, 0.6) is 5.75 Å². The highest BCUT2D eigenvalue weighted by molar-refractivity contribution is 5.94. The zero-order valence-electron chi connectivity index (χ0n) is 11.5. The molecule has 1 saturated heterocycles. The molecule has 1 N–H and O–H groups in total. The predicted octanol–water partition coefficient (Wildman–Crippen LogP) is 2.02. The average Bonchev–Trinajstić information content (AvgIpc) is 2.93. The Morgan fingerprint density at radius 3 is 2.95 bits per heavy atom. The molecular formula is C15H19NO4. The number of carbonyl (C=O) groups is 2. The van der Waals surface area contributed by atoms with Crippen molar-refractivity contribution in [3.8, 4) is 5.75 Å². The van der Waals surface area contributed by atoms with Crippen LogP contribution in [0.3, 0.4) is 0 Å². The SMILES string of the molecule is COc1cccc(C(=O)N2CCC(CCC(=O)O)C2)c1. The highest BCUT2D eigenvalue weighted by Crippen LogP contribution is 2.23. The number of aliphatic carboxylic acids is 1. The maximum Gasteiger partial charge on any atom is 0.303 e. The Hall–Kier alpha value is -2.04. The van der Waals surface area contributed by atoms with Crippen molar-refractivity contribution >= 4 is 11.9 Å². The Morgan fingerprint density at radius 2 is 2.25 bits per heavy atom. The highest BCUT2D eigenvalue weighted by Gasteiger charge is 2.27. The number of benzene rings is 1. The number of ether oxygens (including phenoxy) is 1. The smallest absolute Gasteiger partial charge is 0.303 e. The number of rotatable bonds is 5. The molecule has 1 fully saturated rings. The number of methoxy groups -OCH3 is 1. The minimum absolute atomic E-state index is 0.0123. The van der Waals surface area contributed by atoms with Gasteiger partial charge >= 0.3 is 5.97 Å². The molecule has 1 aliphatic rings. The van der Waals surface area contributed by atoms with Crippen molar-refractivity contribution in [2.75, 3.05) is 20.2 Å².